The van der Waals surface area contributed by atoms with Crippen LogP contribution >= 0.6 is 34.7 Å². The van der Waals surface area contributed by atoms with Gasteiger partial charge in [0.05, 0.1) is 5.25 Å². The molecule has 2 aromatic rings. The fourth-order valence-corrected chi connectivity index (χ4v) is 3.30. The fourth-order valence-electron chi connectivity index (χ4n) is 1.32. The number of carbonyl (C=O) groups excluding carboxylic acids is 1. The zero-order valence-electron chi connectivity index (χ0n) is 9.46. The summed E-state index contributed by atoms with van der Waals surface area (Å²) >= 11 is 8.41. The van der Waals surface area contributed by atoms with Crippen molar-refractivity contribution in [3.05, 3.63) is 34.9 Å². The van der Waals surface area contributed by atoms with Crippen molar-refractivity contribution >= 4 is 45.6 Å². The van der Waals surface area contributed by atoms with Crippen LogP contribution in [0.25, 0.3) is 0 Å². The normalized spacial score (nSPS) is 12.3. The van der Waals surface area contributed by atoms with Gasteiger partial charge in [0.15, 0.2) is 10.1 Å². The number of halogens is 1. The lowest BCUT2D eigenvalue weighted by molar-refractivity contribution is 0.0994. The molecule has 0 aliphatic rings. The molecule has 1 aromatic heterocycles. The van der Waals surface area contributed by atoms with Gasteiger partial charge in [-0.2, -0.15) is 0 Å². The summed E-state index contributed by atoms with van der Waals surface area (Å²) in [4.78, 5) is 12.1. The van der Waals surface area contributed by atoms with Crippen molar-refractivity contribution in [1.82, 2.24) is 10.2 Å². The number of rotatable bonds is 4. The van der Waals surface area contributed by atoms with Gasteiger partial charge in [0.25, 0.3) is 0 Å². The first-order valence-corrected chi connectivity index (χ1v) is 7.19. The van der Waals surface area contributed by atoms with E-state index >= 15 is 0 Å². The summed E-state index contributed by atoms with van der Waals surface area (Å²) in [7, 11) is 0. The zero-order chi connectivity index (χ0) is 13.1. The minimum atomic E-state index is -0.237. The van der Waals surface area contributed by atoms with Gasteiger partial charge in [-0.1, -0.05) is 34.7 Å². The van der Waals surface area contributed by atoms with Crippen LogP contribution in [0.1, 0.15) is 17.3 Å². The van der Waals surface area contributed by atoms with Crippen molar-refractivity contribution < 1.29 is 4.79 Å². The maximum atomic E-state index is 12.1. The monoisotopic (exact) mass is 299 g/mol. The molecular formula is C11H10ClN3OS2. The molecule has 0 amide bonds. The molecule has 1 heterocycles. The van der Waals surface area contributed by atoms with E-state index in [9.17, 15) is 4.79 Å². The van der Waals surface area contributed by atoms with Gasteiger partial charge >= 0.3 is 0 Å². The van der Waals surface area contributed by atoms with E-state index < -0.39 is 0 Å². The highest BCUT2D eigenvalue weighted by Crippen LogP contribution is 2.29. The molecule has 0 bridgehead atoms. The molecule has 0 saturated carbocycles. The number of ketones is 1. The largest absolute Gasteiger partial charge is 0.374 e. The number of aromatic nitrogens is 2. The van der Waals surface area contributed by atoms with Gasteiger partial charge in [0.1, 0.15) is 0 Å². The van der Waals surface area contributed by atoms with E-state index in [1.165, 1.54) is 23.1 Å². The number of nitrogen functional groups attached to an aromatic ring is 1. The Kier molecular flexibility index (Phi) is 4.21. The number of anilines is 1. The first-order chi connectivity index (χ1) is 8.56. The average Bonchev–Trinajstić information content (AvgIpc) is 2.75. The second-order valence-corrected chi connectivity index (χ2v) is 6.57. The van der Waals surface area contributed by atoms with E-state index in [1.807, 2.05) is 6.92 Å². The van der Waals surface area contributed by atoms with Crippen molar-refractivity contribution in [3.8, 4) is 0 Å². The van der Waals surface area contributed by atoms with Gasteiger partial charge in [-0.3, -0.25) is 4.79 Å². The molecule has 1 aromatic carbocycles. The Balaban J connectivity index is 2.07. The fraction of sp³-hybridized carbons (Fsp3) is 0.182. The molecule has 0 fully saturated rings. The van der Waals surface area contributed by atoms with Crippen molar-refractivity contribution in [1.29, 1.82) is 0 Å². The lowest BCUT2D eigenvalue weighted by Gasteiger charge is -2.07. The summed E-state index contributed by atoms with van der Waals surface area (Å²) in [5.74, 6) is 0.0328. The van der Waals surface area contributed by atoms with Crippen LogP contribution < -0.4 is 5.73 Å². The first kappa shape index (κ1) is 13.3. The minimum Gasteiger partial charge on any atom is -0.374 e. The topological polar surface area (TPSA) is 68.9 Å². The highest BCUT2D eigenvalue weighted by molar-refractivity contribution is 8.02. The van der Waals surface area contributed by atoms with E-state index in [2.05, 4.69) is 10.2 Å². The van der Waals surface area contributed by atoms with Crippen LogP contribution in [0.2, 0.25) is 5.02 Å². The molecule has 2 N–H and O–H groups in total. The van der Waals surface area contributed by atoms with Crippen molar-refractivity contribution in [2.75, 3.05) is 5.73 Å². The summed E-state index contributed by atoms with van der Waals surface area (Å²) in [6.45, 7) is 1.83. The Bertz CT molecular complexity index is 556. The van der Waals surface area contributed by atoms with E-state index in [-0.39, 0.29) is 11.0 Å². The smallest absolute Gasteiger partial charge is 0.203 e. The molecular weight excluding hydrogens is 290 g/mol. The average molecular weight is 300 g/mol. The molecule has 0 spiro atoms. The Morgan fingerprint density at radius 1 is 1.39 bits per heavy atom. The molecule has 0 aliphatic carbocycles. The lowest BCUT2D eigenvalue weighted by Crippen LogP contribution is -2.13. The molecule has 1 unspecified atom stereocenters. The maximum Gasteiger partial charge on any atom is 0.203 e. The molecule has 0 saturated heterocycles. The van der Waals surface area contributed by atoms with Crippen LogP contribution in [0, 0.1) is 0 Å². The van der Waals surface area contributed by atoms with Crippen LogP contribution in [0.15, 0.2) is 28.6 Å². The molecule has 4 nitrogen and oxygen atoms in total. The number of nitrogens with zero attached hydrogens (tertiary/aromatic N) is 2. The molecule has 1 atom stereocenters. The van der Waals surface area contributed by atoms with E-state index in [0.717, 1.165) is 0 Å². The SMILES string of the molecule is CC(Sc1nnc(N)s1)C(=O)c1ccc(Cl)cc1. The van der Waals surface area contributed by atoms with Gasteiger partial charge in [0.2, 0.25) is 5.13 Å². The molecule has 2 rings (SSSR count). The predicted molar refractivity (Wildman–Crippen MR) is 75.4 cm³/mol. The Morgan fingerprint density at radius 3 is 2.61 bits per heavy atom. The Labute approximate surface area is 118 Å². The van der Waals surface area contributed by atoms with Gasteiger partial charge < -0.3 is 5.73 Å². The second-order valence-electron chi connectivity index (χ2n) is 3.54. The Morgan fingerprint density at radius 2 is 2.06 bits per heavy atom. The van der Waals surface area contributed by atoms with Gasteiger partial charge in [0, 0.05) is 10.6 Å². The van der Waals surface area contributed by atoms with Crippen LogP contribution in [0.3, 0.4) is 0 Å². The lowest BCUT2D eigenvalue weighted by atomic mass is 10.1. The third-order valence-corrected chi connectivity index (χ3v) is 4.39. The van der Waals surface area contributed by atoms with Gasteiger partial charge in [-0.25, -0.2) is 0 Å². The van der Waals surface area contributed by atoms with Crippen LogP contribution in [0.5, 0.6) is 0 Å². The highest BCUT2D eigenvalue weighted by Gasteiger charge is 2.18. The van der Waals surface area contributed by atoms with Crippen molar-refractivity contribution in [2.45, 2.75) is 16.5 Å². The number of hydrogen-bond acceptors (Lipinski definition) is 6. The number of nitrogens with two attached hydrogens (primary N) is 1. The van der Waals surface area contributed by atoms with E-state index in [0.29, 0.717) is 20.1 Å². The molecule has 94 valence electrons. The number of thioether (sulfide) groups is 1. The molecule has 18 heavy (non-hydrogen) atoms. The first-order valence-electron chi connectivity index (χ1n) is 5.11. The Hall–Kier alpha value is -1.11. The van der Waals surface area contributed by atoms with Crippen LogP contribution in [-0.4, -0.2) is 21.2 Å². The summed E-state index contributed by atoms with van der Waals surface area (Å²) in [5, 5.41) is 8.37. The summed E-state index contributed by atoms with van der Waals surface area (Å²) in [6.07, 6.45) is 0. The standard InChI is InChI=1S/C11H10ClN3OS2/c1-6(17-11-15-14-10(13)18-11)9(16)7-2-4-8(12)5-3-7/h2-6H,1H3,(H2,13,14). The number of Topliss-reactive ketones (excluding diaryl/α,β-unsaturated/α-hetero) is 1. The van der Waals surface area contributed by atoms with Crippen LogP contribution in [0.4, 0.5) is 5.13 Å². The highest BCUT2D eigenvalue weighted by atomic mass is 35.5. The molecule has 0 aliphatic heterocycles. The quantitative estimate of drug-likeness (QED) is 0.694. The second kappa shape index (κ2) is 5.69. The van der Waals surface area contributed by atoms with Crippen LogP contribution in [-0.2, 0) is 0 Å². The summed E-state index contributed by atoms with van der Waals surface area (Å²) in [6, 6.07) is 6.84. The van der Waals surface area contributed by atoms with Gasteiger partial charge in [-0.15, -0.1) is 10.2 Å². The predicted octanol–water partition coefficient (Wildman–Crippen LogP) is 3.14. The van der Waals surface area contributed by atoms with E-state index in [4.69, 9.17) is 17.3 Å². The third kappa shape index (κ3) is 3.22. The number of carbonyl (C=O) groups is 1. The third-order valence-electron chi connectivity index (χ3n) is 2.20. The molecule has 7 heteroatoms. The van der Waals surface area contributed by atoms with Gasteiger partial charge in [-0.05, 0) is 31.2 Å². The summed E-state index contributed by atoms with van der Waals surface area (Å²) < 4.78 is 0.697. The number of benzene rings is 1. The number of hydrogen-bond donors (Lipinski definition) is 1. The van der Waals surface area contributed by atoms with Crippen molar-refractivity contribution in [3.63, 3.8) is 0 Å². The zero-order valence-corrected chi connectivity index (χ0v) is 11.9. The molecule has 0 radical (unpaired) electrons. The van der Waals surface area contributed by atoms with Crippen molar-refractivity contribution in [2.24, 2.45) is 0 Å². The van der Waals surface area contributed by atoms with E-state index in [1.54, 1.807) is 24.3 Å². The minimum absolute atomic E-state index is 0.0328. The summed E-state index contributed by atoms with van der Waals surface area (Å²) in [5.41, 5.74) is 6.13. The maximum absolute atomic E-state index is 12.1.